The van der Waals surface area contributed by atoms with Crippen molar-refractivity contribution in [2.45, 2.75) is 24.8 Å². The fourth-order valence-electron chi connectivity index (χ4n) is 2.00. The van der Waals surface area contributed by atoms with Crippen LogP contribution in [0.3, 0.4) is 0 Å². The summed E-state index contributed by atoms with van der Waals surface area (Å²) in [6.45, 7) is 5.20. The second-order valence-corrected chi connectivity index (χ2v) is 5.72. The molecular formula is C15H21N3S. The maximum absolute atomic E-state index is 4.45. The maximum Gasteiger partial charge on any atom is 0.126 e. The molecular weight excluding hydrogens is 254 g/mol. The standard InChI is InChI=1S/C15H21N3S/c1-4-16-14(15-17-9-10-18(15)3)11-19-13-7-5-12(2)6-8-13/h5-10,14,16H,4,11H2,1-3H3. The van der Waals surface area contributed by atoms with Gasteiger partial charge in [0.2, 0.25) is 0 Å². The van der Waals surface area contributed by atoms with Gasteiger partial charge in [-0.25, -0.2) is 4.98 Å². The minimum Gasteiger partial charge on any atom is -0.337 e. The first kappa shape index (κ1) is 14.2. The summed E-state index contributed by atoms with van der Waals surface area (Å²) >= 11 is 1.87. The van der Waals surface area contributed by atoms with Crippen molar-refractivity contribution >= 4 is 11.8 Å². The number of hydrogen-bond acceptors (Lipinski definition) is 3. The Balaban J connectivity index is 2.01. The van der Waals surface area contributed by atoms with E-state index in [2.05, 4.69) is 53.0 Å². The molecule has 0 radical (unpaired) electrons. The Morgan fingerprint density at radius 1 is 1.32 bits per heavy atom. The van der Waals surface area contributed by atoms with E-state index >= 15 is 0 Å². The van der Waals surface area contributed by atoms with Crippen molar-refractivity contribution in [2.75, 3.05) is 12.3 Å². The van der Waals surface area contributed by atoms with Crippen molar-refractivity contribution in [3.63, 3.8) is 0 Å². The molecule has 2 rings (SSSR count). The van der Waals surface area contributed by atoms with E-state index < -0.39 is 0 Å². The highest BCUT2D eigenvalue weighted by Gasteiger charge is 2.14. The molecule has 0 aliphatic carbocycles. The third-order valence-corrected chi connectivity index (χ3v) is 4.16. The lowest BCUT2D eigenvalue weighted by Crippen LogP contribution is -2.25. The van der Waals surface area contributed by atoms with Crippen LogP contribution in [0.5, 0.6) is 0 Å². The van der Waals surface area contributed by atoms with Crippen LogP contribution in [0.25, 0.3) is 0 Å². The number of hydrogen-bond donors (Lipinski definition) is 1. The van der Waals surface area contributed by atoms with Crippen LogP contribution < -0.4 is 5.32 Å². The Bertz CT molecular complexity index is 504. The molecule has 3 nitrogen and oxygen atoms in total. The number of nitrogens with one attached hydrogen (secondary N) is 1. The summed E-state index contributed by atoms with van der Waals surface area (Å²) in [5.74, 6) is 2.09. The molecule has 0 bridgehead atoms. The summed E-state index contributed by atoms with van der Waals surface area (Å²) in [6.07, 6.45) is 3.85. The first-order chi connectivity index (χ1) is 9.20. The molecule has 1 N–H and O–H groups in total. The summed E-state index contributed by atoms with van der Waals surface area (Å²) in [7, 11) is 2.04. The van der Waals surface area contributed by atoms with Crippen molar-refractivity contribution in [1.29, 1.82) is 0 Å². The van der Waals surface area contributed by atoms with Gasteiger partial charge in [-0.1, -0.05) is 24.6 Å². The van der Waals surface area contributed by atoms with Gasteiger partial charge in [0, 0.05) is 30.1 Å². The van der Waals surface area contributed by atoms with Gasteiger partial charge in [0.05, 0.1) is 6.04 Å². The van der Waals surface area contributed by atoms with E-state index in [-0.39, 0.29) is 6.04 Å². The Morgan fingerprint density at radius 2 is 2.05 bits per heavy atom. The van der Waals surface area contributed by atoms with Crippen LogP contribution in [0.4, 0.5) is 0 Å². The summed E-state index contributed by atoms with van der Waals surface area (Å²) in [5.41, 5.74) is 1.30. The molecule has 0 aliphatic heterocycles. The SMILES string of the molecule is CCNC(CSc1ccc(C)cc1)c1nccn1C. The smallest absolute Gasteiger partial charge is 0.126 e. The van der Waals surface area contributed by atoms with E-state index in [0.29, 0.717) is 0 Å². The monoisotopic (exact) mass is 275 g/mol. The predicted molar refractivity (Wildman–Crippen MR) is 81.5 cm³/mol. The highest BCUT2D eigenvalue weighted by Crippen LogP contribution is 2.24. The van der Waals surface area contributed by atoms with Crippen LogP contribution in [-0.4, -0.2) is 21.8 Å². The van der Waals surface area contributed by atoms with Gasteiger partial charge in [0.15, 0.2) is 0 Å². The van der Waals surface area contributed by atoms with E-state index in [1.54, 1.807) is 0 Å². The average molecular weight is 275 g/mol. The number of imidazole rings is 1. The molecule has 0 fully saturated rings. The zero-order valence-corrected chi connectivity index (χ0v) is 12.6. The minimum absolute atomic E-state index is 0.288. The second-order valence-electron chi connectivity index (χ2n) is 4.63. The molecule has 1 unspecified atom stereocenters. The van der Waals surface area contributed by atoms with Crippen LogP contribution in [0.15, 0.2) is 41.6 Å². The Hall–Kier alpha value is -1.26. The van der Waals surface area contributed by atoms with Crippen molar-refractivity contribution < 1.29 is 0 Å². The lowest BCUT2D eigenvalue weighted by Gasteiger charge is -2.17. The van der Waals surface area contributed by atoms with E-state index in [1.807, 2.05) is 31.2 Å². The lowest BCUT2D eigenvalue weighted by atomic mass is 10.2. The predicted octanol–water partition coefficient (Wildman–Crippen LogP) is 3.17. The van der Waals surface area contributed by atoms with Crippen molar-refractivity contribution in [1.82, 2.24) is 14.9 Å². The van der Waals surface area contributed by atoms with Crippen molar-refractivity contribution in [3.05, 3.63) is 48.0 Å². The maximum atomic E-state index is 4.45. The van der Waals surface area contributed by atoms with Gasteiger partial charge in [-0.3, -0.25) is 0 Å². The van der Waals surface area contributed by atoms with Gasteiger partial charge in [0.1, 0.15) is 5.82 Å². The highest BCUT2D eigenvalue weighted by atomic mass is 32.2. The number of nitrogens with zero attached hydrogens (tertiary/aromatic N) is 2. The van der Waals surface area contributed by atoms with Crippen LogP contribution in [0.2, 0.25) is 0 Å². The molecule has 1 aromatic heterocycles. The van der Waals surface area contributed by atoms with E-state index in [9.17, 15) is 0 Å². The molecule has 102 valence electrons. The van der Waals surface area contributed by atoms with E-state index in [4.69, 9.17) is 0 Å². The average Bonchev–Trinajstić information content (AvgIpc) is 2.83. The first-order valence-electron chi connectivity index (χ1n) is 6.60. The van der Waals surface area contributed by atoms with Crippen LogP contribution in [0.1, 0.15) is 24.4 Å². The van der Waals surface area contributed by atoms with Crippen molar-refractivity contribution in [3.8, 4) is 0 Å². The normalized spacial score (nSPS) is 12.6. The summed E-state index contributed by atoms with van der Waals surface area (Å²) in [5, 5.41) is 3.50. The van der Waals surface area contributed by atoms with Gasteiger partial charge >= 0.3 is 0 Å². The largest absolute Gasteiger partial charge is 0.337 e. The van der Waals surface area contributed by atoms with Gasteiger partial charge in [-0.15, -0.1) is 11.8 Å². The zero-order valence-electron chi connectivity index (χ0n) is 11.8. The van der Waals surface area contributed by atoms with E-state index in [1.165, 1.54) is 10.5 Å². The summed E-state index contributed by atoms with van der Waals surface area (Å²) in [4.78, 5) is 5.76. The van der Waals surface area contributed by atoms with Crippen molar-refractivity contribution in [2.24, 2.45) is 7.05 Å². The molecule has 0 aliphatic rings. The van der Waals surface area contributed by atoms with Crippen LogP contribution in [0, 0.1) is 6.92 Å². The van der Waals surface area contributed by atoms with E-state index in [0.717, 1.165) is 18.1 Å². The molecule has 0 saturated heterocycles. The molecule has 19 heavy (non-hydrogen) atoms. The molecule has 2 aromatic rings. The van der Waals surface area contributed by atoms with Crippen LogP contribution in [-0.2, 0) is 7.05 Å². The molecule has 1 heterocycles. The number of aromatic nitrogens is 2. The quantitative estimate of drug-likeness (QED) is 0.821. The van der Waals surface area contributed by atoms with Gasteiger partial charge < -0.3 is 9.88 Å². The molecule has 1 atom stereocenters. The molecule has 1 aromatic carbocycles. The second kappa shape index (κ2) is 6.78. The lowest BCUT2D eigenvalue weighted by molar-refractivity contribution is 0.555. The third kappa shape index (κ3) is 3.85. The van der Waals surface area contributed by atoms with Gasteiger partial charge in [-0.05, 0) is 25.6 Å². The molecule has 0 saturated carbocycles. The topological polar surface area (TPSA) is 29.9 Å². The first-order valence-corrected chi connectivity index (χ1v) is 7.59. The Labute approximate surface area is 119 Å². The van der Waals surface area contributed by atoms with Gasteiger partial charge in [0.25, 0.3) is 0 Å². The summed E-state index contributed by atoms with van der Waals surface area (Å²) in [6, 6.07) is 8.97. The number of thioether (sulfide) groups is 1. The zero-order chi connectivity index (χ0) is 13.7. The molecule has 0 amide bonds. The minimum atomic E-state index is 0.288. The fourth-order valence-corrected chi connectivity index (χ4v) is 2.95. The van der Waals surface area contributed by atoms with Crippen LogP contribution >= 0.6 is 11.8 Å². The third-order valence-electron chi connectivity index (χ3n) is 3.06. The summed E-state index contributed by atoms with van der Waals surface area (Å²) < 4.78 is 2.09. The fraction of sp³-hybridized carbons (Fsp3) is 0.400. The number of rotatable bonds is 6. The van der Waals surface area contributed by atoms with Gasteiger partial charge in [-0.2, -0.15) is 0 Å². The Morgan fingerprint density at radius 3 is 2.63 bits per heavy atom. The number of aryl methyl sites for hydroxylation is 2. The number of benzene rings is 1. The molecule has 4 heteroatoms. The highest BCUT2D eigenvalue weighted by molar-refractivity contribution is 7.99. The Kier molecular flexibility index (Phi) is 5.05. The molecule has 0 spiro atoms.